The molecule has 0 bridgehead atoms. The van der Waals surface area contributed by atoms with Crippen LogP contribution in [-0.4, -0.2) is 15.0 Å². The summed E-state index contributed by atoms with van der Waals surface area (Å²) < 4.78 is 0. The lowest BCUT2D eigenvalue weighted by Gasteiger charge is -2.02. The molecule has 0 amide bonds. The second kappa shape index (κ2) is 4.67. The lowest BCUT2D eigenvalue weighted by atomic mass is 10.2. The van der Waals surface area contributed by atoms with Crippen molar-refractivity contribution in [3.05, 3.63) is 58.0 Å². The van der Waals surface area contributed by atoms with Gasteiger partial charge in [-0.2, -0.15) is 0 Å². The SMILES string of the molecule is NCc1cc(=O)[nH]c(Cc2ccncc2)n1. The molecule has 0 aliphatic heterocycles. The first-order chi connectivity index (χ1) is 7.78. The predicted molar refractivity (Wildman–Crippen MR) is 59.8 cm³/mol. The maximum absolute atomic E-state index is 11.3. The molecular weight excluding hydrogens is 204 g/mol. The van der Waals surface area contributed by atoms with Crippen LogP contribution < -0.4 is 11.3 Å². The number of nitrogens with one attached hydrogen (secondary N) is 1. The Labute approximate surface area is 92.4 Å². The largest absolute Gasteiger partial charge is 0.325 e. The van der Waals surface area contributed by atoms with E-state index in [-0.39, 0.29) is 12.1 Å². The first kappa shape index (κ1) is 10.5. The number of H-pyrrole nitrogens is 1. The van der Waals surface area contributed by atoms with Gasteiger partial charge in [0.15, 0.2) is 0 Å². The fourth-order valence-electron chi connectivity index (χ4n) is 1.45. The average molecular weight is 216 g/mol. The molecule has 2 aromatic heterocycles. The Morgan fingerprint density at radius 2 is 2.06 bits per heavy atom. The summed E-state index contributed by atoms with van der Waals surface area (Å²) in [6, 6.07) is 5.18. The fraction of sp³-hybridized carbons (Fsp3) is 0.182. The lowest BCUT2D eigenvalue weighted by molar-refractivity contribution is 0.874. The molecule has 0 saturated heterocycles. The van der Waals surface area contributed by atoms with Gasteiger partial charge in [0, 0.05) is 31.4 Å². The summed E-state index contributed by atoms with van der Waals surface area (Å²) in [6.45, 7) is 0.271. The van der Waals surface area contributed by atoms with E-state index in [1.54, 1.807) is 12.4 Å². The van der Waals surface area contributed by atoms with Gasteiger partial charge in [0.2, 0.25) is 0 Å². The van der Waals surface area contributed by atoms with Gasteiger partial charge in [-0.25, -0.2) is 4.98 Å². The van der Waals surface area contributed by atoms with E-state index in [0.29, 0.717) is 17.9 Å². The average Bonchev–Trinajstić information content (AvgIpc) is 2.29. The van der Waals surface area contributed by atoms with Crippen molar-refractivity contribution in [2.75, 3.05) is 0 Å². The summed E-state index contributed by atoms with van der Waals surface area (Å²) in [5.74, 6) is 0.624. The Hall–Kier alpha value is -2.01. The molecule has 0 radical (unpaired) electrons. The van der Waals surface area contributed by atoms with E-state index in [1.807, 2.05) is 12.1 Å². The first-order valence-electron chi connectivity index (χ1n) is 4.96. The van der Waals surface area contributed by atoms with Crippen molar-refractivity contribution in [2.24, 2.45) is 5.73 Å². The quantitative estimate of drug-likeness (QED) is 0.768. The van der Waals surface area contributed by atoms with Gasteiger partial charge in [0.1, 0.15) is 5.82 Å². The minimum absolute atomic E-state index is 0.167. The van der Waals surface area contributed by atoms with Crippen molar-refractivity contribution in [2.45, 2.75) is 13.0 Å². The zero-order chi connectivity index (χ0) is 11.4. The molecule has 0 unspecified atom stereocenters. The standard InChI is InChI=1S/C11H12N4O/c12-7-9-6-11(16)15-10(14-9)5-8-1-3-13-4-2-8/h1-4,6H,5,7,12H2,(H,14,15,16). The third-order valence-electron chi connectivity index (χ3n) is 2.17. The summed E-state index contributed by atoms with van der Waals surface area (Å²) in [5.41, 5.74) is 6.94. The highest BCUT2D eigenvalue weighted by atomic mass is 16.1. The number of hydrogen-bond acceptors (Lipinski definition) is 4. The summed E-state index contributed by atoms with van der Waals surface area (Å²) in [4.78, 5) is 22.2. The fourth-order valence-corrected chi connectivity index (χ4v) is 1.45. The van der Waals surface area contributed by atoms with E-state index in [1.165, 1.54) is 6.07 Å². The van der Waals surface area contributed by atoms with Gasteiger partial charge in [0.25, 0.3) is 5.56 Å². The molecule has 0 spiro atoms. The highest BCUT2D eigenvalue weighted by molar-refractivity contribution is 5.16. The van der Waals surface area contributed by atoms with Gasteiger partial charge in [-0.3, -0.25) is 9.78 Å². The molecule has 2 rings (SSSR count). The number of nitrogens with zero attached hydrogens (tertiary/aromatic N) is 2. The Balaban J connectivity index is 2.28. The molecule has 5 nitrogen and oxygen atoms in total. The molecular formula is C11H12N4O. The van der Waals surface area contributed by atoms with Gasteiger partial charge < -0.3 is 10.7 Å². The Morgan fingerprint density at radius 3 is 2.75 bits per heavy atom. The van der Waals surface area contributed by atoms with Crippen LogP contribution in [0.4, 0.5) is 0 Å². The van der Waals surface area contributed by atoms with Crippen LogP contribution in [0.2, 0.25) is 0 Å². The van der Waals surface area contributed by atoms with Crippen LogP contribution in [0.25, 0.3) is 0 Å². The maximum Gasteiger partial charge on any atom is 0.251 e. The van der Waals surface area contributed by atoms with E-state index in [2.05, 4.69) is 15.0 Å². The molecule has 2 heterocycles. The second-order valence-corrected chi connectivity index (χ2v) is 3.42. The van der Waals surface area contributed by atoms with Crippen molar-refractivity contribution in [1.29, 1.82) is 0 Å². The van der Waals surface area contributed by atoms with Crippen molar-refractivity contribution in [3.8, 4) is 0 Å². The zero-order valence-corrected chi connectivity index (χ0v) is 8.68. The van der Waals surface area contributed by atoms with E-state index in [9.17, 15) is 4.79 Å². The van der Waals surface area contributed by atoms with Crippen LogP contribution in [0.5, 0.6) is 0 Å². The third-order valence-corrected chi connectivity index (χ3v) is 2.17. The number of hydrogen-bond donors (Lipinski definition) is 2. The van der Waals surface area contributed by atoms with E-state index >= 15 is 0 Å². The minimum atomic E-state index is -0.167. The van der Waals surface area contributed by atoms with Crippen LogP contribution in [-0.2, 0) is 13.0 Å². The van der Waals surface area contributed by atoms with Crippen molar-refractivity contribution < 1.29 is 0 Å². The molecule has 0 atom stereocenters. The van der Waals surface area contributed by atoms with E-state index in [0.717, 1.165) is 5.56 Å². The van der Waals surface area contributed by atoms with Crippen molar-refractivity contribution in [3.63, 3.8) is 0 Å². The van der Waals surface area contributed by atoms with Crippen molar-refractivity contribution in [1.82, 2.24) is 15.0 Å². The molecule has 0 aliphatic rings. The number of pyridine rings is 1. The number of aromatic nitrogens is 3. The molecule has 0 saturated carbocycles. The molecule has 5 heteroatoms. The normalized spacial score (nSPS) is 10.3. The van der Waals surface area contributed by atoms with Gasteiger partial charge >= 0.3 is 0 Å². The van der Waals surface area contributed by atoms with Crippen LogP contribution in [0.3, 0.4) is 0 Å². The molecule has 16 heavy (non-hydrogen) atoms. The van der Waals surface area contributed by atoms with E-state index in [4.69, 9.17) is 5.73 Å². The van der Waals surface area contributed by atoms with E-state index < -0.39 is 0 Å². The lowest BCUT2D eigenvalue weighted by Crippen LogP contribution is -2.15. The Kier molecular flexibility index (Phi) is 3.07. The summed E-state index contributed by atoms with van der Waals surface area (Å²) >= 11 is 0. The summed E-state index contributed by atoms with van der Waals surface area (Å²) in [6.07, 6.45) is 3.99. The van der Waals surface area contributed by atoms with Crippen LogP contribution >= 0.6 is 0 Å². The highest BCUT2D eigenvalue weighted by Gasteiger charge is 2.01. The number of aromatic amines is 1. The van der Waals surface area contributed by atoms with Gasteiger partial charge in [-0.05, 0) is 17.7 Å². The molecule has 3 N–H and O–H groups in total. The molecule has 0 aliphatic carbocycles. The van der Waals surface area contributed by atoms with Gasteiger partial charge in [0.05, 0.1) is 5.69 Å². The Morgan fingerprint density at radius 1 is 1.31 bits per heavy atom. The Bertz CT molecular complexity index is 521. The maximum atomic E-state index is 11.3. The highest BCUT2D eigenvalue weighted by Crippen LogP contribution is 2.02. The third kappa shape index (κ3) is 2.52. The molecule has 82 valence electrons. The smallest absolute Gasteiger partial charge is 0.251 e. The minimum Gasteiger partial charge on any atom is -0.325 e. The zero-order valence-electron chi connectivity index (χ0n) is 8.68. The monoisotopic (exact) mass is 216 g/mol. The number of rotatable bonds is 3. The molecule has 0 fully saturated rings. The second-order valence-electron chi connectivity index (χ2n) is 3.42. The molecule has 2 aromatic rings. The van der Waals surface area contributed by atoms with Gasteiger partial charge in [-0.15, -0.1) is 0 Å². The summed E-state index contributed by atoms with van der Waals surface area (Å²) in [5, 5.41) is 0. The summed E-state index contributed by atoms with van der Waals surface area (Å²) in [7, 11) is 0. The topological polar surface area (TPSA) is 84.7 Å². The van der Waals surface area contributed by atoms with Crippen LogP contribution in [0.1, 0.15) is 17.1 Å². The van der Waals surface area contributed by atoms with Crippen molar-refractivity contribution >= 4 is 0 Å². The van der Waals surface area contributed by atoms with Gasteiger partial charge in [-0.1, -0.05) is 0 Å². The van der Waals surface area contributed by atoms with Crippen LogP contribution in [0, 0.1) is 0 Å². The number of nitrogens with two attached hydrogens (primary N) is 1. The first-order valence-corrected chi connectivity index (χ1v) is 4.96. The predicted octanol–water partition coefficient (Wildman–Crippen LogP) is 0.214. The van der Waals surface area contributed by atoms with Crippen LogP contribution in [0.15, 0.2) is 35.4 Å². The molecule has 0 aromatic carbocycles.